The van der Waals surface area contributed by atoms with Crippen molar-refractivity contribution in [2.75, 3.05) is 13.1 Å². The predicted molar refractivity (Wildman–Crippen MR) is 120 cm³/mol. The maximum Gasteiger partial charge on any atom is 0.254 e. The van der Waals surface area contributed by atoms with Crippen molar-refractivity contribution >= 4 is 41.6 Å². The van der Waals surface area contributed by atoms with Crippen LogP contribution in [0, 0.1) is 6.92 Å². The number of hydrogen-bond acceptors (Lipinski definition) is 3. The first-order chi connectivity index (χ1) is 12.6. The minimum Gasteiger partial charge on any atom is -0.337 e. The molecule has 1 aliphatic heterocycles. The van der Waals surface area contributed by atoms with E-state index in [1.54, 1.807) is 0 Å². The van der Waals surface area contributed by atoms with Crippen LogP contribution in [0.4, 0.5) is 0 Å². The number of carbonyl (C=O) groups excluding carboxylic acids is 1. The van der Waals surface area contributed by atoms with E-state index in [2.05, 4.69) is 31.2 Å². The van der Waals surface area contributed by atoms with Crippen molar-refractivity contribution in [3.8, 4) is 11.3 Å². The van der Waals surface area contributed by atoms with Crippen LogP contribution >= 0.6 is 24.8 Å². The third kappa shape index (κ3) is 4.46. The van der Waals surface area contributed by atoms with E-state index in [0.717, 1.165) is 41.5 Å². The molecule has 28 heavy (non-hydrogen) atoms. The number of amides is 1. The number of hydrogen-bond donors (Lipinski definition) is 1. The fraction of sp³-hybridized carbons (Fsp3) is 0.273. The van der Waals surface area contributed by atoms with Gasteiger partial charge in [-0.25, -0.2) is 4.98 Å². The molecule has 4 nitrogen and oxygen atoms in total. The number of rotatable bonds is 2. The number of nitrogens with two attached hydrogens (primary N) is 1. The van der Waals surface area contributed by atoms with Crippen LogP contribution in [0.1, 0.15) is 28.8 Å². The van der Waals surface area contributed by atoms with E-state index in [-0.39, 0.29) is 36.8 Å². The number of pyridine rings is 1. The van der Waals surface area contributed by atoms with Gasteiger partial charge in [-0.2, -0.15) is 0 Å². The van der Waals surface area contributed by atoms with E-state index in [4.69, 9.17) is 10.7 Å². The molecule has 0 radical (unpaired) electrons. The molecule has 2 heterocycles. The Hall–Kier alpha value is -2.14. The quantitative estimate of drug-likeness (QED) is 0.661. The molecule has 1 unspecified atom stereocenters. The van der Waals surface area contributed by atoms with Crippen molar-refractivity contribution in [2.24, 2.45) is 5.73 Å². The van der Waals surface area contributed by atoms with Gasteiger partial charge in [0.1, 0.15) is 0 Å². The zero-order valence-corrected chi connectivity index (χ0v) is 17.4. The number of aryl methyl sites for hydroxylation is 1. The van der Waals surface area contributed by atoms with Gasteiger partial charge in [-0.3, -0.25) is 4.79 Å². The molecule has 1 fully saturated rings. The van der Waals surface area contributed by atoms with Crippen LogP contribution < -0.4 is 5.73 Å². The molecular weight excluding hydrogens is 393 g/mol. The molecule has 148 valence electrons. The third-order valence-corrected chi connectivity index (χ3v) is 5.04. The minimum absolute atomic E-state index is 0. The van der Waals surface area contributed by atoms with Gasteiger partial charge < -0.3 is 10.6 Å². The van der Waals surface area contributed by atoms with E-state index in [0.29, 0.717) is 12.1 Å². The lowest BCUT2D eigenvalue weighted by Gasteiger charge is -2.31. The summed E-state index contributed by atoms with van der Waals surface area (Å²) in [6, 6.07) is 18.1. The summed E-state index contributed by atoms with van der Waals surface area (Å²) in [5, 5.41) is 0.896. The number of benzene rings is 2. The molecule has 1 aliphatic rings. The smallest absolute Gasteiger partial charge is 0.254 e. The molecule has 1 saturated heterocycles. The number of halogens is 2. The molecule has 3 aromatic rings. The van der Waals surface area contributed by atoms with Crippen LogP contribution in [0.2, 0.25) is 0 Å². The Morgan fingerprint density at radius 2 is 1.82 bits per heavy atom. The molecule has 0 aliphatic carbocycles. The number of aromatic nitrogens is 1. The highest BCUT2D eigenvalue weighted by molar-refractivity contribution is 6.07. The normalized spacial score (nSPS) is 16.2. The molecule has 0 saturated carbocycles. The van der Waals surface area contributed by atoms with Gasteiger partial charge in [0.15, 0.2) is 0 Å². The lowest BCUT2D eigenvalue weighted by Crippen LogP contribution is -2.45. The number of likely N-dealkylation sites (tertiary alicyclic amines) is 1. The van der Waals surface area contributed by atoms with Crippen LogP contribution in [0.3, 0.4) is 0 Å². The topological polar surface area (TPSA) is 59.2 Å². The van der Waals surface area contributed by atoms with Gasteiger partial charge >= 0.3 is 0 Å². The van der Waals surface area contributed by atoms with Crippen LogP contribution in [0.15, 0.2) is 54.6 Å². The van der Waals surface area contributed by atoms with Gasteiger partial charge in [-0.1, -0.05) is 48.0 Å². The molecule has 6 heteroatoms. The Balaban J connectivity index is 0.00000140. The zero-order chi connectivity index (χ0) is 18.1. The number of para-hydroxylation sites is 1. The summed E-state index contributed by atoms with van der Waals surface area (Å²) in [6.07, 6.45) is 1.94. The Kier molecular flexibility index (Phi) is 7.41. The van der Waals surface area contributed by atoms with E-state index in [1.807, 2.05) is 35.2 Å². The van der Waals surface area contributed by atoms with Gasteiger partial charge in [-0.05, 0) is 31.9 Å². The fourth-order valence-electron chi connectivity index (χ4n) is 3.59. The Labute approximate surface area is 178 Å². The van der Waals surface area contributed by atoms with Crippen molar-refractivity contribution in [3.63, 3.8) is 0 Å². The number of carbonyl (C=O) groups is 1. The maximum atomic E-state index is 13.2. The third-order valence-electron chi connectivity index (χ3n) is 5.04. The van der Waals surface area contributed by atoms with Gasteiger partial charge in [0.2, 0.25) is 0 Å². The van der Waals surface area contributed by atoms with Crippen LogP contribution in [-0.4, -0.2) is 34.9 Å². The van der Waals surface area contributed by atoms with Crippen LogP contribution in [-0.2, 0) is 0 Å². The molecule has 1 atom stereocenters. The lowest BCUT2D eigenvalue weighted by molar-refractivity contribution is 0.0711. The summed E-state index contributed by atoms with van der Waals surface area (Å²) >= 11 is 0. The van der Waals surface area contributed by atoms with Gasteiger partial charge in [-0.15, -0.1) is 24.8 Å². The molecule has 4 rings (SSSR count). The maximum absolute atomic E-state index is 13.2. The van der Waals surface area contributed by atoms with E-state index >= 15 is 0 Å². The first kappa shape index (κ1) is 22.2. The Bertz CT molecular complexity index is 960. The van der Waals surface area contributed by atoms with Crippen LogP contribution in [0.25, 0.3) is 22.2 Å². The highest BCUT2D eigenvalue weighted by atomic mass is 35.5. The standard InChI is InChI=1S/C22H23N3O.2ClH/c1-15-8-10-16(11-9-15)21-13-19(18-6-2-3-7-20(18)24-21)22(26)25-12-4-5-17(23)14-25;;/h2-3,6-11,13,17H,4-5,12,14,23H2,1H3;2*1H. The summed E-state index contributed by atoms with van der Waals surface area (Å²) in [6.45, 7) is 3.45. The largest absolute Gasteiger partial charge is 0.337 e. The Morgan fingerprint density at radius 3 is 2.54 bits per heavy atom. The molecular formula is C22H25Cl2N3O. The SMILES string of the molecule is Cc1ccc(-c2cc(C(=O)N3CCCC(N)C3)c3ccccc3n2)cc1.Cl.Cl. The van der Waals surface area contributed by atoms with E-state index in [1.165, 1.54) is 5.56 Å². The summed E-state index contributed by atoms with van der Waals surface area (Å²) in [5.41, 5.74) is 10.7. The lowest BCUT2D eigenvalue weighted by atomic mass is 10.0. The minimum atomic E-state index is 0. The van der Waals surface area contributed by atoms with Gasteiger partial charge in [0.05, 0.1) is 16.8 Å². The highest BCUT2D eigenvalue weighted by Crippen LogP contribution is 2.27. The van der Waals surface area contributed by atoms with E-state index in [9.17, 15) is 4.79 Å². The molecule has 2 aromatic carbocycles. The molecule has 0 spiro atoms. The first-order valence-corrected chi connectivity index (χ1v) is 9.13. The fourth-order valence-corrected chi connectivity index (χ4v) is 3.59. The van der Waals surface area contributed by atoms with Gasteiger partial charge in [0, 0.05) is 30.1 Å². The second-order valence-electron chi connectivity index (χ2n) is 7.09. The van der Waals surface area contributed by atoms with Crippen molar-refractivity contribution in [1.82, 2.24) is 9.88 Å². The molecule has 1 amide bonds. The average molecular weight is 418 g/mol. The monoisotopic (exact) mass is 417 g/mol. The summed E-state index contributed by atoms with van der Waals surface area (Å²) in [7, 11) is 0. The molecule has 1 aromatic heterocycles. The van der Waals surface area contributed by atoms with Crippen molar-refractivity contribution < 1.29 is 4.79 Å². The van der Waals surface area contributed by atoms with Crippen molar-refractivity contribution in [2.45, 2.75) is 25.8 Å². The number of nitrogens with zero attached hydrogens (tertiary/aromatic N) is 2. The van der Waals surface area contributed by atoms with E-state index < -0.39 is 0 Å². The zero-order valence-electron chi connectivity index (χ0n) is 15.8. The second kappa shape index (κ2) is 9.37. The summed E-state index contributed by atoms with van der Waals surface area (Å²) in [5.74, 6) is 0.0483. The summed E-state index contributed by atoms with van der Waals surface area (Å²) < 4.78 is 0. The molecule has 2 N–H and O–H groups in total. The van der Waals surface area contributed by atoms with Crippen LogP contribution in [0.5, 0.6) is 0 Å². The second-order valence-corrected chi connectivity index (χ2v) is 7.09. The first-order valence-electron chi connectivity index (χ1n) is 9.13. The molecule has 0 bridgehead atoms. The van der Waals surface area contributed by atoms with Gasteiger partial charge in [0.25, 0.3) is 5.91 Å². The van der Waals surface area contributed by atoms with Crippen molar-refractivity contribution in [3.05, 3.63) is 65.7 Å². The Morgan fingerprint density at radius 1 is 1.11 bits per heavy atom. The highest BCUT2D eigenvalue weighted by Gasteiger charge is 2.24. The average Bonchev–Trinajstić information content (AvgIpc) is 2.67. The predicted octanol–water partition coefficient (Wildman–Crippen LogP) is 4.62. The van der Waals surface area contributed by atoms with Crippen molar-refractivity contribution in [1.29, 1.82) is 0 Å². The summed E-state index contributed by atoms with van der Waals surface area (Å²) in [4.78, 5) is 19.9. The number of piperidine rings is 1. The number of fused-ring (bicyclic) bond motifs is 1.